The van der Waals surface area contributed by atoms with Gasteiger partial charge in [0.05, 0.1) is 5.69 Å². The molecule has 3 nitrogen and oxygen atoms in total. The normalized spacial score (nSPS) is 10.1. The van der Waals surface area contributed by atoms with E-state index in [9.17, 15) is 0 Å². The lowest BCUT2D eigenvalue weighted by molar-refractivity contribution is 0.936. The molecule has 0 aliphatic heterocycles. The number of halogens is 1. The van der Waals surface area contributed by atoms with Crippen LogP contribution >= 0.6 is 11.6 Å². The maximum atomic E-state index is 5.85. The summed E-state index contributed by atoms with van der Waals surface area (Å²) in [5.41, 5.74) is 1.56. The number of rotatable bonds is 1. The van der Waals surface area contributed by atoms with E-state index in [1.165, 1.54) is 0 Å². The highest BCUT2D eigenvalue weighted by atomic mass is 35.5. The van der Waals surface area contributed by atoms with Crippen molar-refractivity contribution in [3.05, 3.63) is 41.2 Å². The van der Waals surface area contributed by atoms with Crippen molar-refractivity contribution < 1.29 is 0 Å². The predicted octanol–water partition coefficient (Wildman–Crippen LogP) is 2.50. The summed E-state index contributed by atoms with van der Waals surface area (Å²) in [6.45, 7) is 1.77. The van der Waals surface area contributed by atoms with Crippen LogP contribution in [0.4, 0.5) is 0 Å². The summed E-state index contributed by atoms with van der Waals surface area (Å²) >= 11 is 5.85. The van der Waals surface area contributed by atoms with Gasteiger partial charge in [0, 0.05) is 5.56 Å². The van der Waals surface area contributed by atoms with Gasteiger partial charge < -0.3 is 0 Å². The van der Waals surface area contributed by atoms with Gasteiger partial charge in [0.25, 0.3) is 0 Å². The highest BCUT2D eigenvalue weighted by molar-refractivity contribution is 6.30. The molecule has 0 saturated carbocycles. The molecular weight excluding hydrogens is 198 g/mol. The van der Waals surface area contributed by atoms with E-state index in [4.69, 9.17) is 11.6 Å². The van der Waals surface area contributed by atoms with Crippen molar-refractivity contribution in [1.82, 2.24) is 15.2 Å². The number of hydrogen-bond acceptors (Lipinski definition) is 3. The zero-order valence-electron chi connectivity index (χ0n) is 7.61. The molecule has 1 heterocycles. The summed E-state index contributed by atoms with van der Waals surface area (Å²) in [4.78, 5) is 4.13. The first-order valence-corrected chi connectivity index (χ1v) is 4.57. The van der Waals surface area contributed by atoms with E-state index in [0.717, 1.165) is 5.56 Å². The van der Waals surface area contributed by atoms with E-state index >= 15 is 0 Å². The molecule has 0 unspecified atom stereocenters. The fourth-order valence-corrected chi connectivity index (χ4v) is 1.19. The number of aromatic nitrogens is 3. The van der Waals surface area contributed by atoms with Gasteiger partial charge in [0.2, 0.25) is 0 Å². The Morgan fingerprint density at radius 2 is 1.79 bits per heavy atom. The SMILES string of the molecule is Cc1nnc(-c2ccccc2)nc1Cl. The predicted molar refractivity (Wildman–Crippen MR) is 55.0 cm³/mol. The van der Waals surface area contributed by atoms with Crippen LogP contribution in [-0.4, -0.2) is 15.2 Å². The molecule has 0 amide bonds. The minimum absolute atomic E-state index is 0.402. The first-order valence-electron chi connectivity index (χ1n) is 4.19. The molecule has 0 N–H and O–H groups in total. The van der Waals surface area contributed by atoms with Crippen molar-refractivity contribution in [3.63, 3.8) is 0 Å². The van der Waals surface area contributed by atoms with E-state index in [1.807, 2.05) is 30.3 Å². The zero-order chi connectivity index (χ0) is 9.97. The van der Waals surface area contributed by atoms with Crippen LogP contribution in [0.15, 0.2) is 30.3 Å². The number of benzene rings is 1. The van der Waals surface area contributed by atoms with Crippen LogP contribution in [0.1, 0.15) is 5.69 Å². The second kappa shape index (κ2) is 3.72. The van der Waals surface area contributed by atoms with Crippen LogP contribution in [0.5, 0.6) is 0 Å². The van der Waals surface area contributed by atoms with E-state index < -0.39 is 0 Å². The molecule has 0 saturated heterocycles. The van der Waals surface area contributed by atoms with Crippen LogP contribution in [0, 0.1) is 6.92 Å². The van der Waals surface area contributed by atoms with Gasteiger partial charge >= 0.3 is 0 Å². The first kappa shape index (κ1) is 9.09. The van der Waals surface area contributed by atoms with Gasteiger partial charge in [-0.2, -0.15) is 5.10 Å². The summed E-state index contributed by atoms with van der Waals surface area (Å²) in [6.07, 6.45) is 0. The van der Waals surface area contributed by atoms with E-state index in [-0.39, 0.29) is 0 Å². The molecule has 0 aliphatic rings. The molecule has 2 rings (SSSR count). The average Bonchev–Trinajstić information content (AvgIpc) is 2.23. The minimum atomic E-state index is 0.402. The summed E-state index contributed by atoms with van der Waals surface area (Å²) in [5, 5.41) is 8.28. The van der Waals surface area contributed by atoms with Crippen LogP contribution in [0.2, 0.25) is 5.15 Å². The Bertz CT molecular complexity index is 442. The Morgan fingerprint density at radius 1 is 1.07 bits per heavy atom. The van der Waals surface area contributed by atoms with Gasteiger partial charge in [0.15, 0.2) is 11.0 Å². The number of aryl methyl sites for hydroxylation is 1. The highest BCUT2D eigenvalue weighted by Gasteiger charge is 2.04. The van der Waals surface area contributed by atoms with Crippen molar-refractivity contribution in [1.29, 1.82) is 0 Å². The van der Waals surface area contributed by atoms with E-state index in [2.05, 4.69) is 15.2 Å². The summed E-state index contributed by atoms with van der Waals surface area (Å²) in [6, 6.07) is 9.62. The highest BCUT2D eigenvalue weighted by Crippen LogP contribution is 2.16. The Morgan fingerprint density at radius 3 is 2.43 bits per heavy atom. The second-order valence-corrected chi connectivity index (χ2v) is 3.24. The third kappa shape index (κ3) is 1.72. The smallest absolute Gasteiger partial charge is 0.183 e. The van der Waals surface area contributed by atoms with Gasteiger partial charge in [-0.25, -0.2) is 4.98 Å². The summed E-state index contributed by atoms with van der Waals surface area (Å²) in [7, 11) is 0. The van der Waals surface area contributed by atoms with Crippen LogP contribution in [-0.2, 0) is 0 Å². The van der Waals surface area contributed by atoms with Gasteiger partial charge in [0.1, 0.15) is 0 Å². The van der Waals surface area contributed by atoms with Crippen molar-refractivity contribution in [2.45, 2.75) is 6.92 Å². The third-order valence-electron chi connectivity index (χ3n) is 1.83. The molecular formula is C10H8ClN3. The Balaban J connectivity index is 2.48. The minimum Gasteiger partial charge on any atom is -0.213 e. The number of hydrogen-bond donors (Lipinski definition) is 0. The molecule has 4 heteroatoms. The molecule has 1 aromatic carbocycles. The van der Waals surface area contributed by atoms with Crippen molar-refractivity contribution in [2.75, 3.05) is 0 Å². The van der Waals surface area contributed by atoms with Gasteiger partial charge in [-0.3, -0.25) is 0 Å². The third-order valence-corrected chi connectivity index (χ3v) is 2.19. The Labute approximate surface area is 86.8 Å². The fraction of sp³-hybridized carbons (Fsp3) is 0.100. The molecule has 1 aromatic heterocycles. The maximum Gasteiger partial charge on any atom is 0.183 e. The first-order chi connectivity index (χ1) is 6.77. The summed E-state index contributed by atoms with van der Waals surface area (Å²) < 4.78 is 0. The lowest BCUT2D eigenvalue weighted by Crippen LogP contribution is -1.95. The van der Waals surface area contributed by atoms with E-state index in [0.29, 0.717) is 16.7 Å². The monoisotopic (exact) mass is 205 g/mol. The van der Waals surface area contributed by atoms with Crippen LogP contribution < -0.4 is 0 Å². The van der Waals surface area contributed by atoms with Crippen molar-refractivity contribution in [2.24, 2.45) is 0 Å². The lowest BCUT2D eigenvalue weighted by atomic mass is 10.2. The fourth-order valence-electron chi connectivity index (χ4n) is 1.07. The van der Waals surface area contributed by atoms with Gasteiger partial charge in [-0.1, -0.05) is 41.9 Å². The molecule has 70 valence electrons. The molecule has 0 aliphatic carbocycles. The molecule has 0 bridgehead atoms. The molecule has 2 aromatic rings. The largest absolute Gasteiger partial charge is 0.213 e. The van der Waals surface area contributed by atoms with E-state index in [1.54, 1.807) is 6.92 Å². The van der Waals surface area contributed by atoms with Crippen molar-refractivity contribution >= 4 is 11.6 Å². The molecule has 14 heavy (non-hydrogen) atoms. The number of nitrogens with zero attached hydrogens (tertiary/aromatic N) is 3. The van der Waals surface area contributed by atoms with Crippen LogP contribution in [0.25, 0.3) is 11.4 Å². The van der Waals surface area contributed by atoms with Crippen molar-refractivity contribution in [3.8, 4) is 11.4 Å². The lowest BCUT2D eigenvalue weighted by Gasteiger charge is -1.99. The molecule has 0 spiro atoms. The topological polar surface area (TPSA) is 38.7 Å². The molecule has 0 atom stereocenters. The van der Waals surface area contributed by atoms with Gasteiger partial charge in [-0.05, 0) is 6.92 Å². The second-order valence-electron chi connectivity index (χ2n) is 2.88. The van der Waals surface area contributed by atoms with Crippen LogP contribution in [0.3, 0.4) is 0 Å². The summed E-state index contributed by atoms with van der Waals surface area (Å²) in [5.74, 6) is 0.557. The maximum absolute atomic E-state index is 5.85. The molecule has 0 radical (unpaired) electrons. The quantitative estimate of drug-likeness (QED) is 0.718. The van der Waals surface area contributed by atoms with Gasteiger partial charge in [-0.15, -0.1) is 5.10 Å². The zero-order valence-corrected chi connectivity index (χ0v) is 8.36. The standard InChI is InChI=1S/C10H8ClN3/c1-7-9(11)12-10(14-13-7)8-5-3-2-4-6-8/h2-6H,1H3. The Hall–Kier alpha value is -1.48. The Kier molecular flexibility index (Phi) is 2.41. The average molecular weight is 206 g/mol. The molecule has 0 fully saturated rings.